The van der Waals surface area contributed by atoms with Crippen LogP contribution in [0.2, 0.25) is 0 Å². The van der Waals surface area contributed by atoms with E-state index in [0.29, 0.717) is 30.8 Å². The van der Waals surface area contributed by atoms with Crippen LogP contribution in [0.4, 0.5) is 4.79 Å². The minimum absolute atomic E-state index is 0.0413. The van der Waals surface area contributed by atoms with Gasteiger partial charge in [0.2, 0.25) is 11.7 Å². The number of tetrazole rings is 1. The Morgan fingerprint density at radius 3 is 2.38 bits per heavy atom. The lowest BCUT2D eigenvalue weighted by molar-refractivity contribution is -0.127. The number of aromatic nitrogens is 4. The van der Waals surface area contributed by atoms with E-state index in [4.69, 9.17) is 9.47 Å². The van der Waals surface area contributed by atoms with Crippen LogP contribution >= 0.6 is 0 Å². The minimum Gasteiger partial charge on any atom is -0.485 e. The SMILES string of the molecule is CC(C)(C)OC(=O)N[C@@H](Cc1ccccc1)[C@@H](O)C[C@@H](Cc1ccc(OCc2nn[nH]n2)cc1)C(=O)N[C@H]1c2ccccc2C[C@H]1O. The van der Waals surface area contributed by atoms with Gasteiger partial charge in [-0.05, 0) is 74.4 Å². The number of fused-ring (bicyclic) bond motifs is 1. The number of aromatic amines is 1. The Kier molecular flexibility index (Phi) is 10.8. The number of ether oxygens (including phenoxy) is 2. The summed E-state index contributed by atoms with van der Waals surface area (Å²) in [5, 5.41) is 42.1. The molecule has 248 valence electrons. The van der Waals surface area contributed by atoms with Gasteiger partial charge in [-0.2, -0.15) is 5.21 Å². The van der Waals surface area contributed by atoms with E-state index < -0.39 is 41.9 Å². The summed E-state index contributed by atoms with van der Waals surface area (Å²) in [7, 11) is 0. The summed E-state index contributed by atoms with van der Waals surface area (Å²) >= 11 is 0. The Morgan fingerprint density at radius 2 is 1.68 bits per heavy atom. The third-order valence-electron chi connectivity index (χ3n) is 8.03. The summed E-state index contributed by atoms with van der Waals surface area (Å²) in [5.74, 6) is 0.00279. The van der Waals surface area contributed by atoms with Crippen molar-refractivity contribution in [2.45, 2.75) is 83.0 Å². The smallest absolute Gasteiger partial charge is 0.407 e. The molecule has 0 fully saturated rings. The largest absolute Gasteiger partial charge is 0.485 e. The summed E-state index contributed by atoms with van der Waals surface area (Å²) < 4.78 is 11.2. The van der Waals surface area contributed by atoms with Crippen LogP contribution in [0.5, 0.6) is 5.75 Å². The molecule has 0 bridgehead atoms. The van der Waals surface area contributed by atoms with Gasteiger partial charge < -0.3 is 30.3 Å². The molecule has 5 N–H and O–H groups in total. The highest BCUT2D eigenvalue weighted by Gasteiger charge is 2.35. The van der Waals surface area contributed by atoms with Crippen molar-refractivity contribution in [2.24, 2.45) is 5.92 Å². The predicted molar refractivity (Wildman–Crippen MR) is 173 cm³/mol. The van der Waals surface area contributed by atoms with Crippen molar-refractivity contribution in [1.29, 1.82) is 0 Å². The van der Waals surface area contributed by atoms with Crippen LogP contribution in [-0.4, -0.2) is 66.7 Å². The molecule has 5 atom stereocenters. The van der Waals surface area contributed by atoms with E-state index >= 15 is 0 Å². The Bertz CT molecular complexity index is 1590. The maximum Gasteiger partial charge on any atom is 0.407 e. The molecule has 2 amide bonds. The highest BCUT2D eigenvalue weighted by atomic mass is 16.6. The fourth-order valence-electron chi connectivity index (χ4n) is 5.77. The summed E-state index contributed by atoms with van der Waals surface area (Å²) in [6.45, 7) is 5.46. The standard InChI is InChI=1S/C35H42N6O6/c1-35(2,3)47-34(45)36-28(18-22-9-5-4-6-10-22)29(42)20-25(33(44)37-32-27-12-8-7-11-24(27)19-30(32)43)17-23-13-15-26(16-14-23)46-21-31-38-40-41-39-31/h4-16,25,28-30,32,42-43H,17-21H2,1-3H3,(H,36,45)(H,37,44)(H,38,39,40,41)/t25-,28+,29+,30-,32+/m1/s1. The molecule has 12 heteroatoms. The number of nitrogens with one attached hydrogen (secondary N) is 3. The van der Waals surface area contributed by atoms with Crippen LogP contribution in [0.1, 0.15) is 61.3 Å². The lowest BCUT2D eigenvalue weighted by atomic mass is 9.88. The van der Waals surface area contributed by atoms with Gasteiger partial charge in [0.15, 0.2) is 6.61 Å². The van der Waals surface area contributed by atoms with Crippen molar-refractivity contribution >= 4 is 12.0 Å². The molecule has 0 aliphatic heterocycles. The zero-order valence-corrected chi connectivity index (χ0v) is 26.8. The molecular weight excluding hydrogens is 600 g/mol. The topological polar surface area (TPSA) is 172 Å². The van der Waals surface area contributed by atoms with E-state index in [1.54, 1.807) is 32.9 Å². The Morgan fingerprint density at radius 1 is 0.979 bits per heavy atom. The summed E-state index contributed by atoms with van der Waals surface area (Å²) in [4.78, 5) is 26.8. The maximum atomic E-state index is 14.0. The molecule has 12 nitrogen and oxygen atoms in total. The molecule has 5 rings (SSSR count). The average Bonchev–Trinajstić information content (AvgIpc) is 3.67. The van der Waals surface area contributed by atoms with Crippen molar-refractivity contribution in [3.8, 4) is 5.75 Å². The molecule has 0 unspecified atom stereocenters. The van der Waals surface area contributed by atoms with E-state index in [0.717, 1.165) is 22.3 Å². The van der Waals surface area contributed by atoms with E-state index in [1.165, 1.54) is 0 Å². The van der Waals surface area contributed by atoms with Crippen LogP contribution in [0.3, 0.4) is 0 Å². The Hall–Kier alpha value is -4.81. The van der Waals surface area contributed by atoms with Gasteiger partial charge in [0.25, 0.3) is 0 Å². The second-order valence-corrected chi connectivity index (χ2v) is 12.9. The number of benzene rings is 3. The van der Waals surface area contributed by atoms with Crippen molar-refractivity contribution in [2.75, 3.05) is 0 Å². The van der Waals surface area contributed by atoms with Crippen LogP contribution in [-0.2, 0) is 35.4 Å². The first-order valence-electron chi connectivity index (χ1n) is 15.8. The van der Waals surface area contributed by atoms with E-state index in [1.807, 2.05) is 66.7 Å². The van der Waals surface area contributed by atoms with Crippen molar-refractivity contribution in [3.63, 3.8) is 0 Å². The number of rotatable bonds is 13. The van der Waals surface area contributed by atoms with Crippen LogP contribution < -0.4 is 15.4 Å². The number of carbonyl (C=O) groups is 2. The highest BCUT2D eigenvalue weighted by molar-refractivity contribution is 5.80. The lowest BCUT2D eigenvalue weighted by Gasteiger charge is -2.29. The number of aliphatic hydroxyl groups is 2. The number of aliphatic hydroxyl groups excluding tert-OH is 2. The van der Waals surface area contributed by atoms with Crippen LogP contribution in [0, 0.1) is 5.92 Å². The Balaban J connectivity index is 1.35. The molecule has 1 aliphatic carbocycles. The third kappa shape index (κ3) is 9.60. The average molecular weight is 643 g/mol. The molecule has 1 aromatic heterocycles. The zero-order chi connectivity index (χ0) is 33.4. The molecule has 0 radical (unpaired) electrons. The van der Waals surface area contributed by atoms with Crippen molar-refractivity contribution in [3.05, 3.63) is 107 Å². The van der Waals surface area contributed by atoms with Gasteiger partial charge in [-0.1, -0.05) is 71.9 Å². The second-order valence-electron chi connectivity index (χ2n) is 12.9. The van der Waals surface area contributed by atoms with Gasteiger partial charge in [0.05, 0.1) is 24.3 Å². The molecule has 1 heterocycles. The van der Waals surface area contributed by atoms with Gasteiger partial charge >= 0.3 is 6.09 Å². The molecule has 4 aromatic rings. The number of hydrogen-bond acceptors (Lipinski definition) is 9. The number of alkyl carbamates (subject to hydrolysis) is 1. The van der Waals surface area contributed by atoms with Gasteiger partial charge in [-0.3, -0.25) is 4.79 Å². The van der Waals surface area contributed by atoms with Crippen LogP contribution in [0.25, 0.3) is 0 Å². The number of carbonyl (C=O) groups excluding carboxylic acids is 2. The second kappa shape index (κ2) is 15.2. The number of H-pyrrole nitrogens is 1. The first-order valence-corrected chi connectivity index (χ1v) is 15.8. The molecule has 47 heavy (non-hydrogen) atoms. The summed E-state index contributed by atoms with van der Waals surface area (Å²) in [5.41, 5.74) is 2.90. The number of hydrogen-bond donors (Lipinski definition) is 5. The molecule has 1 aliphatic rings. The summed E-state index contributed by atoms with van der Waals surface area (Å²) in [6.07, 6.45) is -1.41. The van der Waals surface area contributed by atoms with Gasteiger partial charge in [0, 0.05) is 12.3 Å². The zero-order valence-electron chi connectivity index (χ0n) is 26.8. The predicted octanol–water partition coefficient (Wildman–Crippen LogP) is 3.60. The van der Waals surface area contributed by atoms with Gasteiger partial charge in [0.1, 0.15) is 11.4 Å². The molecule has 0 spiro atoms. The van der Waals surface area contributed by atoms with Crippen molar-refractivity contribution in [1.82, 2.24) is 31.3 Å². The van der Waals surface area contributed by atoms with E-state index in [9.17, 15) is 19.8 Å². The monoisotopic (exact) mass is 642 g/mol. The number of nitrogens with zero attached hydrogens (tertiary/aromatic N) is 3. The first kappa shape index (κ1) is 33.6. The van der Waals surface area contributed by atoms with E-state index in [-0.39, 0.29) is 18.9 Å². The van der Waals surface area contributed by atoms with Gasteiger partial charge in [-0.25, -0.2) is 4.79 Å². The van der Waals surface area contributed by atoms with Crippen molar-refractivity contribution < 1.29 is 29.3 Å². The Labute approximate surface area is 273 Å². The fourth-order valence-corrected chi connectivity index (χ4v) is 5.77. The normalized spacial score (nSPS) is 17.6. The third-order valence-corrected chi connectivity index (χ3v) is 8.03. The maximum absolute atomic E-state index is 14.0. The van der Waals surface area contributed by atoms with Crippen LogP contribution in [0.15, 0.2) is 78.9 Å². The molecule has 0 saturated heterocycles. The molecule has 3 aromatic carbocycles. The minimum atomic E-state index is -1.10. The summed E-state index contributed by atoms with van der Waals surface area (Å²) in [6, 6.07) is 23.2. The first-order chi connectivity index (χ1) is 22.5. The highest BCUT2D eigenvalue weighted by Crippen LogP contribution is 2.32. The van der Waals surface area contributed by atoms with Gasteiger partial charge in [-0.15, -0.1) is 10.2 Å². The fraction of sp³-hybridized carbons (Fsp3) is 0.400. The molecular formula is C35H42N6O6. The quantitative estimate of drug-likeness (QED) is 0.146. The lowest BCUT2D eigenvalue weighted by Crippen LogP contribution is -2.48. The molecule has 0 saturated carbocycles. The number of amides is 2. The van der Waals surface area contributed by atoms with E-state index in [2.05, 4.69) is 31.3 Å².